The highest BCUT2D eigenvalue weighted by Gasteiger charge is 2.30. The van der Waals surface area contributed by atoms with Crippen LogP contribution in [0.25, 0.3) is 27.6 Å². The van der Waals surface area contributed by atoms with Gasteiger partial charge in [-0.15, -0.1) is 0 Å². The molecule has 2 N–H and O–H groups in total. The van der Waals surface area contributed by atoms with Crippen molar-refractivity contribution in [2.45, 2.75) is 0 Å². The summed E-state index contributed by atoms with van der Waals surface area (Å²) in [6, 6.07) is 15.4. The van der Waals surface area contributed by atoms with Gasteiger partial charge in [0.25, 0.3) is 5.91 Å². The Morgan fingerprint density at radius 3 is 2.00 bits per heavy atom. The van der Waals surface area contributed by atoms with E-state index in [1.807, 2.05) is 42.5 Å². The van der Waals surface area contributed by atoms with Gasteiger partial charge in [-0.25, -0.2) is 0 Å². The predicted octanol–water partition coefficient (Wildman–Crippen LogP) is 2.63. The highest BCUT2D eigenvalue weighted by molar-refractivity contribution is 6.56. The van der Waals surface area contributed by atoms with Gasteiger partial charge in [-0.2, -0.15) is 0 Å². The lowest BCUT2D eigenvalue weighted by atomic mass is 9.87. The molecule has 0 unspecified atom stereocenters. The first-order valence-electron chi connectivity index (χ1n) is 7.12. The van der Waals surface area contributed by atoms with E-state index in [9.17, 15) is 14.4 Å². The van der Waals surface area contributed by atoms with Crippen LogP contribution in [0.5, 0.6) is 0 Å². The Labute approximate surface area is 131 Å². The Hall–Kier alpha value is -3.27. The minimum atomic E-state index is -0.882. The fourth-order valence-electron chi connectivity index (χ4n) is 2.97. The van der Waals surface area contributed by atoms with Crippen LogP contribution in [-0.4, -0.2) is 17.5 Å². The lowest BCUT2D eigenvalue weighted by Crippen LogP contribution is -2.29. The maximum Gasteiger partial charge on any atom is 0.252 e. The third kappa shape index (κ3) is 1.96. The van der Waals surface area contributed by atoms with Gasteiger partial charge in [0.2, 0.25) is 11.6 Å². The minimum Gasteiger partial charge on any atom is -0.365 e. The first-order valence-corrected chi connectivity index (χ1v) is 7.12. The van der Waals surface area contributed by atoms with E-state index in [4.69, 9.17) is 5.73 Å². The number of nitrogens with two attached hydrogens (primary N) is 1. The minimum absolute atomic E-state index is 0.261. The highest BCUT2D eigenvalue weighted by Crippen LogP contribution is 2.29. The third-order valence-corrected chi connectivity index (χ3v) is 4.13. The van der Waals surface area contributed by atoms with Crippen molar-refractivity contribution in [1.82, 2.24) is 0 Å². The molecule has 3 aromatic carbocycles. The molecule has 4 heteroatoms. The van der Waals surface area contributed by atoms with Crippen molar-refractivity contribution in [1.29, 1.82) is 0 Å². The van der Waals surface area contributed by atoms with Crippen molar-refractivity contribution in [3.05, 3.63) is 65.2 Å². The average molecular weight is 301 g/mol. The van der Waals surface area contributed by atoms with E-state index < -0.39 is 17.5 Å². The van der Waals surface area contributed by atoms with Gasteiger partial charge in [0.15, 0.2) is 0 Å². The van der Waals surface area contributed by atoms with Crippen molar-refractivity contribution in [3.8, 4) is 0 Å². The SMILES string of the molecule is NC(=O)C1=Cc2cc3cc4ccccc4cc3cc2C(=O)C1=O. The molecule has 0 fully saturated rings. The Morgan fingerprint density at radius 1 is 0.783 bits per heavy atom. The van der Waals surface area contributed by atoms with E-state index >= 15 is 0 Å². The number of carbonyl (C=O) groups is 3. The monoisotopic (exact) mass is 301 g/mol. The molecule has 0 heterocycles. The van der Waals surface area contributed by atoms with Crippen molar-refractivity contribution < 1.29 is 14.4 Å². The van der Waals surface area contributed by atoms with Crippen LogP contribution < -0.4 is 5.73 Å². The zero-order valence-corrected chi connectivity index (χ0v) is 12.0. The number of amides is 1. The van der Waals surface area contributed by atoms with E-state index in [-0.39, 0.29) is 5.57 Å². The first-order chi connectivity index (χ1) is 11.0. The summed E-state index contributed by atoms with van der Waals surface area (Å²) < 4.78 is 0. The number of hydrogen-bond acceptors (Lipinski definition) is 3. The summed E-state index contributed by atoms with van der Waals surface area (Å²) in [7, 11) is 0. The summed E-state index contributed by atoms with van der Waals surface area (Å²) in [6.07, 6.45) is 1.40. The van der Waals surface area contributed by atoms with E-state index in [1.54, 1.807) is 6.07 Å². The fourth-order valence-corrected chi connectivity index (χ4v) is 2.97. The van der Waals surface area contributed by atoms with Crippen LogP contribution >= 0.6 is 0 Å². The van der Waals surface area contributed by atoms with Crippen LogP contribution in [0.15, 0.2) is 54.1 Å². The molecule has 1 aliphatic carbocycles. The number of carbonyl (C=O) groups excluding carboxylic acids is 3. The third-order valence-electron chi connectivity index (χ3n) is 4.13. The number of primary amides is 1. The average Bonchev–Trinajstić information content (AvgIpc) is 2.54. The Bertz CT molecular complexity index is 1080. The number of Topliss-reactive ketones (excluding diaryl/α,β-unsaturated/α-hetero) is 2. The van der Waals surface area contributed by atoms with Crippen molar-refractivity contribution in [3.63, 3.8) is 0 Å². The van der Waals surface area contributed by atoms with Crippen LogP contribution in [0.1, 0.15) is 15.9 Å². The topological polar surface area (TPSA) is 77.2 Å². The smallest absolute Gasteiger partial charge is 0.252 e. The van der Waals surface area contributed by atoms with Gasteiger partial charge >= 0.3 is 0 Å². The quantitative estimate of drug-likeness (QED) is 0.426. The molecule has 0 aromatic heterocycles. The first kappa shape index (κ1) is 13.4. The molecular formula is C19H11NO3. The predicted molar refractivity (Wildman–Crippen MR) is 88.0 cm³/mol. The number of fused-ring (bicyclic) bond motifs is 3. The second-order valence-electron chi connectivity index (χ2n) is 5.57. The number of hydrogen-bond donors (Lipinski definition) is 1. The van der Waals surface area contributed by atoms with Gasteiger partial charge in [0.1, 0.15) is 0 Å². The molecule has 0 saturated carbocycles. The van der Waals surface area contributed by atoms with Crippen LogP contribution in [0.2, 0.25) is 0 Å². The van der Waals surface area contributed by atoms with Crippen molar-refractivity contribution in [2.75, 3.05) is 0 Å². The lowest BCUT2D eigenvalue weighted by Gasteiger charge is -2.14. The zero-order valence-electron chi connectivity index (χ0n) is 12.0. The molecule has 0 radical (unpaired) electrons. The number of ketones is 2. The molecular weight excluding hydrogens is 290 g/mol. The molecule has 1 aliphatic rings. The maximum absolute atomic E-state index is 12.2. The van der Waals surface area contributed by atoms with E-state index in [0.29, 0.717) is 11.1 Å². The summed E-state index contributed by atoms with van der Waals surface area (Å²) in [5, 5.41) is 3.95. The van der Waals surface area contributed by atoms with Crippen LogP contribution in [0.4, 0.5) is 0 Å². The van der Waals surface area contributed by atoms with Gasteiger partial charge < -0.3 is 5.73 Å². The Kier molecular flexibility index (Phi) is 2.69. The summed E-state index contributed by atoms with van der Waals surface area (Å²) in [6.45, 7) is 0. The molecule has 0 bridgehead atoms. The summed E-state index contributed by atoms with van der Waals surface area (Å²) in [5.41, 5.74) is 5.78. The molecule has 110 valence electrons. The largest absolute Gasteiger partial charge is 0.365 e. The number of rotatable bonds is 1. The Morgan fingerprint density at radius 2 is 1.39 bits per heavy atom. The summed E-state index contributed by atoms with van der Waals surface area (Å²) in [5.74, 6) is -2.41. The normalized spacial score (nSPS) is 14.0. The maximum atomic E-state index is 12.2. The van der Waals surface area contributed by atoms with Gasteiger partial charge in [0.05, 0.1) is 5.57 Å². The van der Waals surface area contributed by atoms with Crippen molar-refractivity contribution >= 4 is 45.1 Å². The molecule has 0 spiro atoms. The van der Waals surface area contributed by atoms with E-state index in [0.717, 1.165) is 21.5 Å². The molecule has 23 heavy (non-hydrogen) atoms. The summed E-state index contributed by atoms with van der Waals surface area (Å²) in [4.78, 5) is 35.5. The highest BCUT2D eigenvalue weighted by atomic mass is 16.2. The van der Waals surface area contributed by atoms with Crippen LogP contribution in [0.3, 0.4) is 0 Å². The van der Waals surface area contributed by atoms with Crippen molar-refractivity contribution in [2.24, 2.45) is 5.73 Å². The van der Waals surface area contributed by atoms with Crippen LogP contribution in [-0.2, 0) is 9.59 Å². The Balaban J connectivity index is 2.05. The number of benzene rings is 3. The zero-order chi connectivity index (χ0) is 16.1. The van der Waals surface area contributed by atoms with Gasteiger partial charge in [-0.3, -0.25) is 14.4 Å². The van der Waals surface area contributed by atoms with Gasteiger partial charge in [-0.05, 0) is 57.4 Å². The fraction of sp³-hybridized carbons (Fsp3) is 0. The second kappa shape index (κ2) is 4.61. The molecule has 4 nitrogen and oxygen atoms in total. The van der Waals surface area contributed by atoms with Crippen LogP contribution in [0, 0.1) is 0 Å². The molecule has 3 aromatic rings. The summed E-state index contributed by atoms with van der Waals surface area (Å²) >= 11 is 0. The standard InChI is InChI=1S/C19H11NO3/c20-19(23)16-9-14-7-12-5-10-3-1-2-4-11(10)6-13(12)8-15(14)17(21)18(16)22/h1-9H,(H2,20,23). The second-order valence-corrected chi connectivity index (χ2v) is 5.57. The molecule has 1 amide bonds. The van der Waals surface area contributed by atoms with Gasteiger partial charge in [0, 0.05) is 5.56 Å². The molecule has 0 saturated heterocycles. The van der Waals surface area contributed by atoms with Gasteiger partial charge in [-0.1, -0.05) is 24.3 Å². The molecule has 0 atom stereocenters. The van der Waals surface area contributed by atoms with E-state index in [1.165, 1.54) is 6.08 Å². The lowest BCUT2D eigenvalue weighted by molar-refractivity contribution is -0.119. The van der Waals surface area contributed by atoms with E-state index in [2.05, 4.69) is 0 Å². The molecule has 4 rings (SSSR count). The molecule has 0 aliphatic heterocycles.